The second-order valence-corrected chi connectivity index (χ2v) is 12.4. The molecule has 1 atom stereocenters. The summed E-state index contributed by atoms with van der Waals surface area (Å²) >= 11 is 0. The summed E-state index contributed by atoms with van der Waals surface area (Å²) < 4.78 is 2.15. The highest BCUT2D eigenvalue weighted by atomic mass is 16.3. The Morgan fingerprint density at radius 1 is 0.951 bits per heavy atom. The standard InChI is InChI=1S/C30H36N6O5/c37-21-6-3-18(4-7-21)32-24-15-35(34-27(24)17-1-2-17)20-11-16(12-20)14-31-19-5-8-22-23(13-19)30(41)36(29(22)40)25-9-10-26(38)33-28(25)39/h5,8,13,15-18,20-21,25,31-32,37H,1-4,6-7,9-12,14H2,(H,33,38,39). The zero-order chi connectivity index (χ0) is 28.2. The number of aliphatic hydroxyl groups excluding tert-OH is 1. The fourth-order valence-corrected chi connectivity index (χ4v) is 6.73. The molecule has 4 N–H and O–H groups in total. The number of piperidine rings is 1. The number of nitrogens with one attached hydrogen (secondary N) is 3. The van der Waals surface area contributed by atoms with Crippen LogP contribution in [0.2, 0.25) is 0 Å². The van der Waals surface area contributed by atoms with Gasteiger partial charge in [-0.3, -0.25) is 34.1 Å². The summed E-state index contributed by atoms with van der Waals surface area (Å²) in [5.41, 5.74) is 3.69. The lowest BCUT2D eigenvalue weighted by Gasteiger charge is -2.35. The Bertz CT molecular complexity index is 1400. The number of anilines is 2. The van der Waals surface area contributed by atoms with E-state index >= 15 is 0 Å². The Hall–Kier alpha value is -3.73. The van der Waals surface area contributed by atoms with Crippen LogP contribution in [-0.4, -0.2) is 68.1 Å². The van der Waals surface area contributed by atoms with Gasteiger partial charge in [0.15, 0.2) is 0 Å². The van der Waals surface area contributed by atoms with Crippen LogP contribution in [-0.2, 0) is 9.59 Å². The summed E-state index contributed by atoms with van der Waals surface area (Å²) in [6, 6.07) is 4.93. The maximum absolute atomic E-state index is 13.1. The van der Waals surface area contributed by atoms with Crippen LogP contribution in [0.25, 0.3) is 0 Å². The number of hydrogen-bond donors (Lipinski definition) is 4. The molecular formula is C30H36N6O5. The van der Waals surface area contributed by atoms with Crippen LogP contribution in [0.4, 0.5) is 11.4 Å². The van der Waals surface area contributed by atoms with Crippen LogP contribution in [0.5, 0.6) is 0 Å². The number of rotatable bonds is 8. The van der Waals surface area contributed by atoms with E-state index in [9.17, 15) is 24.3 Å². The zero-order valence-corrected chi connectivity index (χ0v) is 23.0. The molecule has 7 rings (SSSR count). The lowest BCUT2D eigenvalue weighted by atomic mass is 9.80. The predicted molar refractivity (Wildman–Crippen MR) is 149 cm³/mol. The predicted octanol–water partition coefficient (Wildman–Crippen LogP) is 2.94. The molecule has 3 heterocycles. The Morgan fingerprint density at radius 3 is 2.44 bits per heavy atom. The van der Waals surface area contributed by atoms with Crippen molar-refractivity contribution in [2.24, 2.45) is 5.92 Å². The number of carbonyl (C=O) groups excluding carboxylic acids is 4. The third-order valence-electron chi connectivity index (χ3n) is 9.40. The topological polar surface area (TPSA) is 146 Å². The van der Waals surface area contributed by atoms with Crippen LogP contribution in [0, 0.1) is 5.92 Å². The molecule has 1 aromatic heterocycles. The van der Waals surface area contributed by atoms with Crippen molar-refractivity contribution in [2.45, 2.75) is 94.4 Å². The van der Waals surface area contributed by atoms with Gasteiger partial charge in [0.1, 0.15) is 6.04 Å². The molecule has 0 bridgehead atoms. The molecule has 4 fully saturated rings. The first-order valence-corrected chi connectivity index (χ1v) is 15.0. The van der Waals surface area contributed by atoms with Crippen molar-refractivity contribution in [3.05, 3.63) is 41.2 Å². The van der Waals surface area contributed by atoms with E-state index in [1.165, 1.54) is 24.2 Å². The van der Waals surface area contributed by atoms with E-state index in [-0.39, 0.29) is 36.0 Å². The molecule has 1 saturated heterocycles. The monoisotopic (exact) mass is 560 g/mol. The van der Waals surface area contributed by atoms with Gasteiger partial charge in [-0.05, 0) is 81.9 Å². The summed E-state index contributed by atoms with van der Waals surface area (Å²) in [5.74, 6) is -0.951. The van der Waals surface area contributed by atoms with Crippen molar-refractivity contribution in [2.75, 3.05) is 17.2 Å². The highest BCUT2D eigenvalue weighted by molar-refractivity contribution is 6.23. The van der Waals surface area contributed by atoms with Gasteiger partial charge in [-0.2, -0.15) is 5.10 Å². The molecule has 216 valence electrons. The van der Waals surface area contributed by atoms with E-state index < -0.39 is 23.8 Å². The first-order valence-electron chi connectivity index (χ1n) is 15.0. The van der Waals surface area contributed by atoms with E-state index in [0.717, 1.165) is 55.7 Å². The fourth-order valence-electron chi connectivity index (χ4n) is 6.73. The molecule has 11 heteroatoms. The Morgan fingerprint density at radius 2 is 1.71 bits per heavy atom. The highest BCUT2D eigenvalue weighted by Crippen LogP contribution is 2.45. The van der Waals surface area contributed by atoms with Crippen molar-refractivity contribution in [1.82, 2.24) is 20.0 Å². The van der Waals surface area contributed by atoms with E-state index in [2.05, 4.69) is 26.8 Å². The Kier molecular flexibility index (Phi) is 6.56. The number of benzene rings is 1. The third-order valence-corrected chi connectivity index (χ3v) is 9.40. The van der Waals surface area contributed by atoms with E-state index in [1.54, 1.807) is 18.2 Å². The number of carbonyl (C=O) groups is 4. The highest BCUT2D eigenvalue weighted by Gasteiger charge is 2.44. The van der Waals surface area contributed by atoms with Crippen LogP contribution < -0.4 is 16.0 Å². The molecular weight excluding hydrogens is 524 g/mol. The number of hydrogen-bond acceptors (Lipinski definition) is 8. The lowest BCUT2D eigenvalue weighted by Crippen LogP contribution is -2.54. The maximum Gasteiger partial charge on any atom is 0.262 e. The average molecular weight is 561 g/mol. The number of fused-ring (bicyclic) bond motifs is 1. The molecule has 2 aromatic rings. The normalized spacial score (nSPS) is 29.7. The molecule has 0 spiro atoms. The van der Waals surface area contributed by atoms with E-state index in [1.807, 2.05) is 0 Å². The minimum Gasteiger partial charge on any atom is -0.393 e. The number of nitrogens with zero attached hydrogens (tertiary/aromatic N) is 3. The SMILES string of the molecule is O=C1CCC(N2C(=O)c3ccc(NCC4CC(n5cc(NC6CCC(O)CC6)c(C6CC6)n5)C4)cc3C2=O)C(=O)N1. The molecule has 2 aliphatic heterocycles. The number of amides is 4. The van der Waals surface area contributed by atoms with E-state index in [0.29, 0.717) is 23.9 Å². The van der Waals surface area contributed by atoms with Crippen molar-refractivity contribution >= 4 is 35.0 Å². The van der Waals surface area contributed by atoms with Crippen LogP contribution in [0.3, 0.4) is 0 Å². The molecule has 3 aliphatic carbocycles. The zero-order valence-electron chi connectivity index (χ0n) is 23.0. The molecule has 41 heavy (non-hydrogen) atoms. The van der Waals surface area contributed by atoms with Crippen molar-refractivity contribution in [1.29, 1.82) is 0 Å². The maximum atomic E-state index is 13.1. The van der Waals surface area contributed by atoms with Crippen molar-refractivity contribution < 1.29 is 24.3 Å². The smallest absolute Gasteiger partial charge is 0.262 e. The lowest BCUT2D eigenvalue weighted by molar-refractivity contribution is -0.136. The molecule has 1 aromatic carbocycles. The summed E-state index contributed by atoms with van der Waals surface area (Å²) in [6.07, 6.45) is 10.4. The van der Waals surface area contributed by atoms with E-state index in [4.69, 9.17) is 5.10 Å². The average Bonchev–Trinajstić information content (AvgIpc) is 3.65. The molecule has 0 radical (unpaired) electrons. The van der Waals surface area contributed by atoms with Gasteiger partial charge in [0.05, 0.1) is 34.7 Å². The molecule has 3 saturated carbocycles. The Balaban J connectivity index is 0.948. The van der Waals surface area contributed by atoms with Gasteiger partial charge in [0, 0.05) is 36.8 Å². The van der Waals surface area contributed by atoms with Gasteiger partial charge < -0.3 is 15.7 Å². The largest absolute Gasteiger partial charge is 0.393 e. The van der Waals surface area contributed by atoms with Gasteiger partial charge >= 0.3 is 0 Å². The van der Waals surface area contributed by atoms with Crippen LogP contribution in [0.15, 0.2) is 24.4 Å². The summed E-state index contributed by atoms with van der Waals surface area (Å²) in [4.78, 5) is 50.8. The van der Waals surface area contributed by atoms with Gasteiger partial charge in [-0.25, -0.2) is 0 Å². The van der Waals surface area contributed by atoms with Gasteiger partial charge in [0.25, 0.3) is 11.8 Å². The van der Waals surface area contributed by atoms with Gasteiger partial charge in [-0.1, -0.05) is 0 Å². The van der Waals surface area contributed by atoms with Crippen molar-refractivity contribution in [3.63, 3.8) is 0 Å². The summed E-state index contributed by atoms with van der Waals surface area (Å²) in [7, 11) is 0. The summed E-state index contributed by atoms with van der Waals surface area (Å²) in [5, 5.41) is 24.2. The molecule has 4 amide bonds. The van der Waals surface area contributed by atoms with Gasteiger partial charge in [-0.15, -0.1) is 0 Å². The number of imide groups is 2. The molecule has 11 nitrogen and oxygen atoms in total. The molecule has 5 aliphatic rings. The number of aromatic nitrogens is 2. The van der Waals surface area contributed by atoms with Crippen LogP contribution >= 0.6 is 0 Å². The second-order valence-electron chi connectivity index (χ2n) is 12.4. The first kappa shape index (κ1) is 26.2. The summed E-state index contributed by atoms with van der Waals surface area (Å²) in [6.45, 7) is 0.751. The fraction of sp³-hybridized carbons (Fsp3) is 0.567. The third kappa shape index (κ3) is 5.00. The quantitative estimate of drug-likeness (QED) is 0.361. The minimum absolute atomic E-state index is 0.1000. The van der Waals surface area contributed by atoms with Crippen molar-refractivity contribution in [3.8, 4) is 0 Å². The second kappa shape index (κ2) is 10.3. The number of aliphatic hydroxyl groups is 1. The first-order chi connectivity index (χ1) is 19.8. The minimum atomic E-state index is -0.961. The Labute approximate surface area is 238 Å². The molecule has 1 unspecified atom stereocenters. The van der Waals surface area contributed by atoms with Gasteiger partial charge in [0.2, 0.25) is 11.8 Å². The van der Waals surface area contributed by atoms with Crippen LogP contribution in [0.1, 0.15) is 103 Å².